The van der Waals surface area contributed by atoms with E-state index in [0.717, 1.165) is 34.7 Å². The fourth-order valence-corrected chi connectivity index (χ4v) is 5.27. The highest BCUT2D eigenvalue weighted by Crippen LogP contribution is 2.46. The first-order valence-corrected chi connectivity index (χ1v) is 12.3. The molecule has 0 amide bonds. The Labute approximate surface area is 211 Å². The third kappa shape index (κ3) is 4.65. The van der Waals surface area contributed by atoms with E-state index in [1.807, 2.05) is 66.7 Å². The van der Waals surface area contributed by atoms with Gasteiger partial charge in [-0.1, -0.05) is 37.3 Å². The van der Waals surface area contributed by atoms with Gasteiger partial charge in [-0.25, -0.2) is 0 Å². The highest BCUT2D eigenvalue weighted by Gasteiger charge is 2.43. The Morgan fingerprint density at radius 1 is 0.972 bits per heavy atom. The summed E-state index contributed by atoms with van der Waals surface area (Å²) in [5.41, 5.74) is 2.85. The molecule has 1 fully saturated rings. The molecule has 3 aromatic carbocycles. The molecule has 0 bridgehead atoms. The lowest BCUT2D eigenvalue weighted by Gasteiger charge is -2.44. The summed E-state index contributed by atoms with van der Waals surface area (Å²) in [6.45, 7) is 3.97. The van der Waals surface area contributed by atoms with Crippen LogP contribution in [0.4, 0.5) is 5.69 Å². The molecular weight excluding hydrogens is 458 g/mol. The van der Waals surface area contributed by atoms with E-state index in [4.69, 9.17) is 18.9 Å². The number of benzene rings is 3. The van der Waals surface area contributed by atoms with Crippen LogP contribution in [0.25, 0.3) is 0 Å². The number of anilines is 1. The van der Waals surface area contributed by atoms with Gasteiger partial charge in [0.05, 0.1) is 25.3 Å². The monoisotopic (exact) mass is 489 g/mol. The number of methoxy groups -OCH3 is 1. The molecule has 3 atom stereocenters. The molecule has 2 heterocycles. The smallest absolute Gasteiger partial charge is 0.307 e. The van der Waals surface area contributed by atoms with Crippen LogP contribution in [0.5, 0.6) is 23.0 Å². The molecule has 5 rings (SSSR count). The maximum Gasteiger partial charge on any atom is 0.307 e. The lowest BCUT2D eigenvalue weighted by Crippen LogP contribution is -2.47. The Hall–Kier alpha value is -3.87. The lowest BCUT2D eigenvalue weighted by atomic mass is 9.71. The number of carboxylic acid groups (broad SMARTS) is 1. The van der Waals surface area contributed by atoms with Crippen molar-refractivity contribution in [1.29, 1.82) is 0 Å². The van der Waals surface area contributed by atoms with Gasteiger partial charge in [-0.15, -0.1) is 0 Å². The van der Waals surface area contributed by atoms with Crippen LogP contribution in [0, 0.1) is 5.92 Å². The number of para-hydroxylation sites is 2. The van der Waals surface area contributed by atoms with Crippen LogP contribution in [0.2, 0.25) is 0 Å². The van der Waals surface area contributed by atoms with Crippen molar-refractivity contribution >= 4 is 11.7 Å². The van der Waals surface area contributed by atoms with Crippen LogP contribution in [0.1, 0.15) is 36.3 Å². The van der Waals surface area contributed by atoms with Gasteiger partial charge in [-0.05, 0) is 53.9 Å². The number of hydrogen-bond donors (Lipinski definition) is 1. The zero-order valence-corrected chi connectivity index (χ0v) is 20.6. The number of ether oxygens (including phenoxy) is 4. The molecule has 1 saturated heterocycles. The molecule has 188 valence electrons. The first-order valence-electron chi connectivity index (χ1n) is 12.3. The number of carbonyl (C=O) groups is 1. The van der Waals surface area contributed by atoms with E-state index < -0.39 is 11.9 Å². The van der Waals surface area contributed by atoms with E-state index in [0.29, 0.717) is 31.2 Å². The summed E-state index contributed by atoms with van der Waals surface area (Å²) in [5.74, 6) is 0.918. The Kier molecular flexibility index (Phi) is 6.89. The molecule has 0 radical (unpaired) electrons. The van der Waals surface area contributed by atoms with E-state index in [1.54, 1.807) is 7.11 Å². The van der Waals surface area contributed by atoms with Crippen molar-refractivity contribution in [2.45, 2.75) is 25.2 Å². The second kappa shape index (κ2) is 10.4. The molecule has 0 spiro atoms. The summed E-state index contributed by atoms with van der Waals surface area (Å²) in [6.07, 6.45) is 0.906. The molecule has 0 saturated carbocycles. The normalized spacial score (nSPS) is 20.7. The number of piperidine rings is 1. The lowest BCUT2D eigenvalue weighted by molar-refractivity contribution is -0.143. The van der Waals surface area contributed by atoms with Crippen LogP contribution < -0.4 is 23.8 Å². The minimum atomic E-state index is -0.811. The van der Waals surface area contributed by atoms with E-state index in [1.165, 1.54) is 0 Å². The van der Waals surface area contributed by atoms with E-state index in [9.17, 15) is 9.90 Å². The summed E-state index contributed by atoms with van der Waals surface area (Å²) in [7, 11) is 1.63. The summed E-state index contributed by atoms with van der Waals surface area (Å²) in [5, 5.41) is 10.5. The summed E-state index contributed by atoms with van der Waals surface area (Å²) < 4.78 is 22.5. The van der Waals surface area contributed by atoms with E-state index in [2.05, 4.69) is 11.8 Å². The fourth-order valence-electron chi connectivity index (χ4n) is 5.27. The van der Waals surface area contributed by atoms with Crippen LogP contribution in [0.15, 0.2) is 66.7 Å². The minimum Gasteiger partial charge on any atom is -0.497 e. The highest BCUT2D eigenvalue weighted by atomic mass is 16.7. The van der Waals surface area contributed by atoms with Gasteiger partial charge >= 0.3 is 5.97 Å². The van der Waals surface area contributed by atoms with Gasteiger partial charge in [-0.3, -0.25) is 4.79 Å². The minimum absolute atomic E-state index is 0.175. The van der Waals surface area contributed by atoms with Crippen LogP contribution in [-0.2, 0) is 4.79 Å². The molecule has 0 aliphatic carbocycles. The predicted molar refractivity (Wildman–Crippen MR) is 137 cm³/mol. The van der Waals surface area contributed by atoms with Gasteiger partial charge in [0.25, 0.3) is 0 Å². The van der Waals surface area contributed by atoms with Gasteiger partial charge in [0.1, 0.15) is 11.5 Å². The number of aliphatic carboxylic acids is 1. The topological polar surface area (TPSA) is 77.5 Å². The molecule has 7 nitrogen and oxygen atoms in total. The molecule has 3 unspecified atom stereocenters. The molecule has 2 aliphatic rings. The Morgan fingerprint density at radius 3 is 2.39 bits per heavy atom. The van der Waals surface area contributed by atoms with Crippen LogP contribution >= 0.6 is 0 Å². The molecular formula is C29H31NO6. The van der Waals surface area contributed by atoms with Gasteiger partial charge in [0, 0.05) is 24.9 Å². The molecule has 1 N–H and O–H groups in total. The van der Waals surface area contributed by atoms with Crippen molar-refractivity contribution in [3.8, 4) is 23.0 Å². The first-order chi connectivity index (χ1) is 17.6. The van der Waals surface area contributed by atoms with Crippen LogP contribution in [0.3, 0.4) is 0 Å². The fraction of sp³-hybridized carbons (Fsp3) is 0.345. The molecule has 2 aliphatic heterocycles. The van der Waals surface area contributed by atoms with Gasteiger partial charge in [0.2, 0.25) is 6.79 Å². The maximum absolute atomic E-state index is 12.8. The summed E-state index contributed by atoms with van der Waals surface area (Å²) in [4.78, 5) is 15.1. The van der Waals surface area contributed by atoms with Crippen molar-refractivity contribution in [2.75, 3.05) is 38.5 Å². The van der Waals surface area contributed by atoms with Crippen molar-refractivity contribution in [2.24, 2.45) is 5.92 Å². The quantitative estimate of drug-likeness (QED) is 0.460. The number of hydrogen-bond acceptors (Lipinski definition) is 6. The third-order valence-corrected chi connectivity index (χ3v) is 7.02. The molecule has 36 heavy (non-hydrogen) atoms. The van der Waals surface area contributed by atoms with E-state index >= 15 is 0 Å². The molecule has 7 heteroatoms. The van der Waals surface area contributed by atoms with Crippen molar-refractivity contribution in [1.82, 2.24) is 0 Å². The van der Waals surface area contributed by atoms with E-state index in [-0.39, 0.29) is 18.6 Å². The van der Waals surface area contributed by atoms with Gasteiger partial charge in [0.15, 0.2) is 11.5 Å². The standard InChI is InChI=1S/C29H31NO6/c1-3-14-34-25-7-5-4-6-24(25)30-16-22(19-8-11-21(33-2)12-9-19)28(29(31)32)23(17-30)20-10-13-26-27(15-20)36-18-35-26/h4-13,15,22-23,28H,3,14,16-18H2,1-2H3,(H,31,32). The largest absolute Gasteiger partial charge is 0.497 e. The summed E-state index contributed by atoms with van der Waals surface area (Å²) >= 11 is 0. The second-order valence-corrected chi connectivity index (χ2v) is 9.18. The number of nitrogens with zero attached hydrogens (tertiary/aromatic N) is 1. The molecule has 0 aromatic heterocycles. The van der Waals surface area contributed by atoms with Gasteiger partial charge in [-0.2, -0.15) is 0 Å². The highest BCUT2D eigenvalue weighted by molar-refractivity contribution is 5.75. The number of carboxylic acids is 1. The zero-order valence-electron chi connectivity index (χ0n) is 20.6. The predicted octanol–water partition coefficient (Wildman–Crippen LogP) is 5.30. The second-order valence-electron chi connectivity index (χ2n) is 9.18. The Bertz CT molecular complexity index is 1210. The Balaban J connectivity index is 1.58. The van der Waals surface area contributed by atoms with Crippen LogP contribution in [-0.4, -0.2) is 44.7 Å². The average Bonchev–Trinajstić information content (AvgIpc) is 3.39. The number of rotatable bonds is 8. The average molecular weight is 490 g/mol. The maximum atomic E-state index is 12.8. The third-order valence-electron chi connectivity index (χ3n) is 7.02. The number of fused-ring (bicyclic) bond motifs is 1. The molecule has 3 aromatic rings. The van der Waals surface area contributed by atoms with Crippen molar-refractivity contribution < 1.29 is 28.8 Å². The Morgan fingerprint density at radius 2 is 1.67 bits per heavy atom. The SMILES string of the molecule is CCCOc1ccccc1N1CC(c2ccc(OC)cc2)C(C(=O)O)C(c2ccc3c(c2)OCO3)C1. The van der Waals surface area contributed by atoms with Crippen molar-refractivity contribution in [3.05, 3.63) is 77.9 Å². The van der Waals surface area contributed by atoms with Gasteiger partial charge < -0.3 is 29.0 Å². The summed E-state index contributed by atoms with van der Waals surface area (Å²) in [6, 6.07) is 21.5. The first kappa shape index (κ1) is 23.9. The zero-order chi connectivity index (χ0) is 25.1. The van der Waals surface area contributed by atoms with Crippen molar-refractivity contribution in [3.63, 3.8) is 0 Å².